The third-order valence-corrected chi connectivity index (χ3v) is 5.65. The first kappa shape index (κ1) is 24.4. The average molecular weight is 488 g/mol. The first-order chi connectivity index (χ1) is 17.3. The summed E-state index contributed by atoms with van der Waals surface area (Å²) in [6.07, 6.45) is 4.81. The van der Waals surface area contributed by atoms with Gasteiger partial charge in [-0.25, -0.2) is 15.0 Å². The minimum Gasteiger partial charge on any atom is -0.494 e. The standard InChI is InChI=1S/C24H25N9O3/c1-31(2)8-9-32(3)19-11-21(36-4)18(10-20(19)33(34)35)29-24-28-13-15(12-25)22(30-24)17-14-27-23-16(17)6-5-7-26-23/h5-7,10-11,13-14H,8-9H2,1-4H3,(H,26,27)(H,28,29,30). The molecule has 36 heavy (non-hydrogen) atoms. The van der Waals surface area contributed by atoms with Gasteiger partial charge in [0.1, 0.15) is 23.2 Å². The Hall–Kier alpha value is -4.76. The third kappa shape index (κ3) is 4.86. The van der Waals surface area contributed by atoms with Crippen LogP contribution in [0.2, 0.25) is 0 Å². The molecule has 0 bridgehead atoms. The molecule has 0 unspecified atom stereocenters. The SMILES string of the molecule is COc1cc(N(C)CCN(C)C)c([N+](=O)[O-])cc1Nc1ncc(C#N)c(-c2c[nH]c3ncccc23)n1. The summed E-state index contributed by atoms with van der Waals surface area (Å²) in [4.78, 5) is 31.4. The Morgan fingerprint density at radius 3 is 2.75 bits per heavy atom. The molecule has 12 nitrogen and oxygen atoms in total. The van der Waals surface area contributed by atoms with Crippen molar-refractivity contribution < 1.29 is 9.66 Å². The highest BCUT2D eigenvalue weighted by Crippen LogP contribution is 2.39. The minimum atomic E-state index is -0.434. The summed E-state index contributed by atoms with van der Waals surface area (Å²) in [5.74, 6) is 0.543. The Balaban J connectivity index is 1.74. The molecule has 0 saturated heterocycles. The number of pyridine rings is 1. The van der Waals surface area contributed by atoms with Gasteiger partial charge in [-0.1, -0.05) is 0 Å². The molecule has 3 aromatic heterocycles. The molecule has 12 heteroatoms. The van der Waals surface area contributed by atoms with E-state index >= 15 is 0 Å². The summed E-state index contributed by atoms with van der Waals surface area (Å²) >= 11 is 0. The van der Waals surface area contributed by atoms with Crippen LogP contribution in [-0.4, -0.2) is 71.1 Å². The molecule has 0 aliphatic carbocycles. The fourth-order valence-electron chi connectivity index (χ4n) is 3.75. The number of anilines is 3. The van der Waals surface area contributed by atoms with Gasteiger partial charge >= 0.3 is 0 Å². The van der Waals surface area contributed by atoms with E-state index in [-0.39, 0.29) is 17.2 Å². The predicted octanol–water partition coefficient (Wildman–Crippen LogP) is 3.55. The molecule has 0 aliphatic rings. The largest absolute Gasteiger partial charge is 0.494 e. The number of methoxy groups -OCH3 is 1. The molecule has 4 rings (SSSR count). The summed E-state index contributed by atoms with van der Waals surface area (Å²) in [5.41, 5.74) is 2.70. The number of nitriles is 1. The van der Waals surface area contributed by atoms with Crippen LogP contribution in [0.15, 0.2) is 42.9 Å². The molecule has 3 heterocycles. The second kappa shape index (κ2) is 10.2. The van der Waals surface area contributed by atoms with Crippen LogP contribution in [0, 0.1) is 21.4 Å². The van der Waals surface area contributed by atoms with E-state index in [1.54, 1.807) is 31.6 Å². The van der Waals surface area contributed by atoms with E-state index in [0.29, 0.717) is 40.6 Å². The van der Waals surface area contributed by atoms with Crippen LogP contribution in [0.25, 0.3) is 22.3 Å². The lowest BCUT2D eigenvalue weighted by Gasteiger charge is -2.22. The Kier molecular flexibility index (Phi) is 6.93. The van der Waals surface area contributed by atoms with Crippen molar-refractivity contribution in [2.45, 2.75) is 0 Å². The van der Waals surface area contributed by atoms with Crippen molar-refractivity contribution in [1.29, 1.82) is 5.26 Å². The van der Waals surface area contributed by atoms with Gasteiger partial charge in [-0.15, -0.1) is 0 Å². The number of fused-ring (bicyclic) bond motifs is 1. The number of aromatic amines is 1. The van der Waals surface area contributed by atoms with Crippen molar-refractivity contribution in [1.82, 2.24) is 24.8 Å². The van der Waals surface area contributed by atoms with Gasteiger partial charge in [-0.2, -0.15) is 5.26 Å². The Labute approximate surface area is 207 Å². The molecule has 0 spiro atoms. The number of H-pyrrole nitrogens is 1. The highest BCUT2D eigenvalue weighted by Gasteiger charge is 2.23. The summed E-state index contributed by atoms with van der Waals surface area (Å²) in [5, 5.41) is 25.4. The smallest absolute Gasteiger partial charge is 0.294 e. The van der Waals surface area contributed by atoms with E-state index in [1.165, 1.54) is 19.4 Å². The maximum atomic E-state index is 11.9. The summed E-state index contributed by atoms with van der Waals surface area (Å²) < 4.78 is 5.53. The van der Waals surface area contributed by atoms with Gasteiger partial charge < -0.3 is 24.8 Å². The first-order valence-electron chi connectivity index (χ1n) is 11.0. The highest BCUT2D eigenvalue weighted by molar-refractivity contribution is 5.94. The predicted molar refractivity (Wildman–Crippen MR) is 137 cm³/mol. The number of rotatable bonds is 9. The number of nitrogens with one attached hydrogen (secondary N) is 2. The van der Waals surface area contributed by atoms with Gasteiger partial charge in [0.15, 0.2) is 0 Å². The van der Waals surface area contributed by atoms with Gasteiger partial charge in [-0.3, -0.25) is 10.1 Å². The number of nitro groups is 1. The maximum Gasteiger partial charge on any atom is 0.294 e. The molecule has 0 saturated carbocycles. The molecule has 0 amide bonds. The van der Waals surface area contributed by atoms with Crippen LogP contribution in [0.4, 0.5) is 23.0 Å². The van der Waals surface area contributed by atoms with Crippen LogP contribution in [0.3, 0.4) is 0 Å². The Morgan fingerprint density at radius 2 is 2.06 bits per heavy atom. The van der Waals surface area contributed by atoms with E-state index < -0.39 is 4.92 Å². The number of benzene rings is 1. The molecule has 0 atom stereocenters. The van der Waals surface area contributed by atoms with Crippen molar-refractivity contribution >= 4 is 34.0 Å². The second-order valence-corrected chi connectivity index (χ2v) is 8.32. The highest BCUT2D eigenvalue weighted by atomic mass is 16.6. The lowest BCUT2D eigenvalue weighted by atomic mass is 10.1. The van der Waals surface area contributed by atoms with E-state index in [9.17, 15) is 15.4 Å². The Morgan fingerprint density at radius 1 is 1.25 bits per heavy atom. The molecule has 1 aromatic carbocycles. The molecule has 184 valence electrons. The number of nitrogens with zero attached hydrogens (tertiary/aromatic N) is 7. The number of aromatic nitrogens is 4. The average Bonchev–Trinajstić information content (AvgIpc) is 3.31. The van der Waals surface area contributed by atoms with Crippen LogP contribution in [0.1, 0.15) is 5.56 Å². The van der Waals surface area contributed by atoms with Gasteiger partial charge in [0.2, 0.25) is 5.95 Å². The Bertz CT molecular complexity index is 1460. The summed E-state index contributed by atoms with van der Waals surface area (Å²) in [7, 11) is 7.16. The normalized spacial score (nSPS) is 10.9. The van der Waals surface area contributed by atoms with Crippen LogP contribution in [-0.2, 0) is 0 Å². The van der Waals surface area contributed by atoms with Crippen molar-refractivity contribution in [2.24, 2.45) is 0 Å². The van der Waals surface area contributed by atoms with Crippen molar-refractivity contribution in [3.63, 3.8) is 0 Å². The number of hydrogen-bond donors (Lipinski definition) is 2. The number of hydrogen-bond acceptors (Lipinski definition) is 10. The number of ether oxygens (including phenoxy) is 1. The first-order valence-corrected chi connectivity index (χ1v) is 11.0. The second-order valence-electron chi connectivity index (χ2n) is 8.32. The van der Waals surface area contributed by atoms with Crippen molar-refractivity contribution in [2.75, 3.05) is 51.6 Å². The quantitative estimate of drug-likeness (QED) is 0.265. The molecule has 4 aromatic rings. The summed E-state index contributed by atoms with van der Waals surface area (Å²) in [6.45, 7) is 1.31. The van der Waals surface area contributed by atoms with Gasteiger partial charge in [0.25, 0.3) is 5.69 Å². The molecule has 0 aliphatic heterocycles. The molecule has 2 N–H and O–H groups in total. The van der Waals surface area contributed by atoms with Crippen LogP contribution >= 0.6 is 0 Å². The molecular weight excluding hydrogens is 462 g/mol. The van der Waals surface area contributed by atoms with Crippen LogP contribution in [0.5, 0.6) is 5.75 Å². The van der Waals surface area contributed by atoms with Gasteiger partial charge in [0, 0.05) is 55.6 Å². The molecule has 0 radical (unpaired) electrons. The summed E-state index contributed by atoms with van der Waals surface area (Å²) in [6, 6.07) is 8.81. The van der Waals surface area contributed by atoms with E-state index in [4.69, 9.17) is 4.74 Å². The maximum absolute atomic E-state index is 11.9. The van der Waals surface area contributed by atoms with E-state index in [1.807, 2.05) is 30.0 Å². The topological polar surface area (TPSA) is 149 Å². The minimum absolute atomic E-state index is 0.0869. The zero-order chi connectivity index (χ0) is 25.8. The zero-order valence-electron chi connectivity index (χ0n) is 20.3. The van der Waals surface area contributed by atoms with E-state index in [2.05, 4.69) is 31.3 Å². The molecule has 0 fully saturated rings. The van der Waals surface area contributed by atoms with Gasteiger partial charge in [-0.05, 0) is 26.2 Å². The monoisotopic (exact) mass is 487 g/mol. The lowest BCUT2D eigenvalue weighted by Crippen LogP contribution is -2.28. The lowest BCUT2D eigenvalue weighted by molar-refractivity contribution is -0.384. The third-order valence-electron chi connectivity index (χ3n) is 5.65. The number of likely N-dealkylation sites (N-methyl/N-ethyl adjacent to an activating group) is 2. The van der Waals surface area contributed by atoms with Crippen molar-refractivity contribution in [3.05, 3.63) is 58.5 Å². The number of nitro benzene ring substituents is 1. The van der Waals surface area contributed by atoms with Gasteiger partial charge in [0.05, 0.1) is 35.2 Å². The molecular formula is C24H25N9O3. The zero-order valence-corrected chi connectivity index (χ0v) is 20.3. The van der Waals surface area contributed by atoms with E-state index in [0.717, 1.165) is 11.9 Å². The fraction of sp³-hybridized carbons (Fsp3) is 0.250. The van der Waals surface area contributed by atoms with Crippen LogP contribution < -0.4 is 15.0 Å². The fourth-order valence-corrected chi connectivity index (χ4v) is 3.75. The van der Waals surface area contributed by atoms with Crippen molar-refractivity contribution in [3.8, 4) is 23.1 Å².